The number of hydrogen-bond donors (Lipinski definition) is 0. The van der Waals surface area contributed by atoms with Crippen molar-refractivity contribution in [1.29, 1.82) is 0 Å². The van der Waals surface area contributed by atoms with Gasteiger partial charge in [-0.1, -0.05) is 12.1 Å². The Morgan fingerprint density at radius 3 is 2.52 bits per heavy atom. The van der Waals surface area contributed by atoms with E-state index in [4.69, 9.17) is 0 Å². The van der Waals surface area contributed by atoms with Crippen molar-refractivity contribution in [1.82, 2.24) is 9.21 Å². The van der Waals surface area contributed by atoms with Crippen LogP contribution in [0.25, 0.3) is 6.08 Å². The summed E-state index contributed by atoms with van der Waals surface area (Å²) in [6.07, 6.45) is 3.26. The van der Waals surface area contributed by atoms with E-state index in [2.05, 4.69) is 0 Å². The number of sulfonamides is 1. The van der Waals surface area contributed by atoms with Crippen molar-refractivity contribution in [3.8, 4) is 0 Å². The summed E-state index contributed by atoms with van der Waals surface area (Å²) in [7, 11) is -3.74. The molecule has 132 valence electrons. The van der Waals surface area contributed by atoms with Gasteiger partial charge >= 0.3 is 0 Å². The number of carbonyl (C=O) groups is 1. The lowest BCUT2D eigenvalue weighted by molar-refractivity contribution is -0.127. The molecule has 0 bridgehead atoms. The Morgan fingerprint density at radius 2 is 1.88 bits per heavy atom. The van der Waals surface area contributed by atoms with Crippen molar-refractivity contribution in [3.05, 3.63) is 58.5 Å². The van der Waals surface area contributed by atoms with Crippen LogP contribution < -0.4 is 0 Å². The van der Waals surface area contributed by atoms with E-state index in [9.17, 15) is 17.6 Å². The molecule has 1 aliphatic heterocycles. The van der Waals surface area contributed by atoms with E-state index in [0.29, 0.717) is 13.1 Å². The molecule has 2 aromatic rings. The summed E-state index contributed by atoms with van der Waals surface area (Å²) in [4.78, 5) is 14.7. The van der Waals surface area contributed by atoms with Crippen LogP contribution >= 0.6 is 11.3 Å². The van der Waals surface area contributed by atoms with Gasteiger partial charge in [0, 0.05) is 37.1 Å². The molecule has 8 heteroatoms. The van der Waals surface area contributed by atoms with Crippen LogP contribution in [0.15, 0.2) is 52.7 Å². The Hall–Kier alpha value is -2.03. The lowest BCUT2D eigenvalue weighted by atomic mass is 10.3. The lowest BCUT2D eigenvalue weighted by Crippen LogP contribution is -2.50. The number of carbonyl (C=O) groups excluding carboxylic acids is 1. The average Bonchev–Trinajstić information content (AvgIpc) is 3.13. The Balaban J connectivity index is 1.62. The third-order valence-electron chi connectivity index (χ3n) is 3.92. The van der Waals surface area contributed by atoms with E-state index < -0.39 is 15.8 Å². The number of piperazine rings is 1. The number of halogens is 1. The van der Waals surface area contributed by atoms with E-state index in [0.717, 1.165) is 10.9 Å². The van der Waals surface area contributed by atoms with Crippen LogP contribution in [0.3, 0.4) is 0 Å². The normalized spacial score (nSPS) is 16.4. The molecular weight excluding hydrogens is 363 g/mol. The molecule has 1 amide bonds. The van der Waals surface area contributed by atoms with E-state index in [1.54, 1.807) is 11.0 Å². The fraction of sp³-hybridized carbons (Fsp3) is 0.235. The molecule has 1 saturated heterocycles. The first-order valence-electron chi connectivity index (χ1n) is 7.73. The van der Waals surface area contributed by atoms with Crippen LogP contribution in [-0.2, 0) is 14.8 Å². The first kappa shape index (κ1) is 17.8. The summed E-state index contributed by atoms with van der Waals surface area (Å²) in [5.74, 6) is -0.732. The van der Waals surface area contributed by atoms with Gasteiger partial charge in [0.05, 0.1) is 4.90 Å². The molecule has 1 aliphatic rings. The second-order valence-corrected chi connectivity index (χ2v) is 8.45. The topological polar surface area (TPSA) is 57.7 Å². The molecule has 0 aliphatic carbocycles. The number of hydrogen-bond acceptors (Lipinski definition) is 4. The third-order valence-corrected chi connectivity index (χ3v) is 6.65. The first-order chi connectivity index (χ1) is 12.0. The van der Waals surface area contributed by atoms with E-state index in [1.807, 2.05) is 17.5 Å². The largest absolute Gasteiger partial charge is 0.337 e. The zero-order valence-corrected chi connectivity index (χ0v) is 15.0. The standard InChI is InChI=1S/C17H17FN2O3S2/c18-14-3-1-5-16(13-14)25(22,23)20-10-8-19(9-11-20)17(21)7-6-15-4-2-12-24-15/h1-7,12-13H,8-11H2. The van der Waals surface area contributed by atoms with Gasteiger partial charge in [0.25, 0.3) is 0 Å². The van der Waals surface area contributed by atoms with Crippen molar-refractivity contribution >= 4 is 33.3 Å². The molecule has 25 heavy (non-hydrogen) atoms. The number of amides is 1. The highest BCUT2D eigenvalue weighted by Gasteiger charge is 2.29. The van der Waals surface area contributed by atoms with E-state index in [1.165, 1.54) is 39.9 Å². The minimum Gasteiger partial charge on any atom is -0.337 e. The fourth-order valence-electron chi connectivity index (χ4n) is 2.57. The SMILES string of the molecule is O=C(C=Cc1cccs1)N1CCN(S(=O)(=O)c2cccc(F)c2)CC1. The van der Waals surface area contributed by atoms with Gasteiger partial charge in [0.2, 0.25) is 15.9 Å². The van der Waals surface area contributed by atoms with Gasteiger partial charge in [0.1, 0.15) is 5.82 Å². The summed E-state index contributed by atoms with van der Waals surface area (Å²) in [5.41, 5.74) is 0. The summed E-state index contributed by atoms with van der Waals surface area (Å²) in [5, 5.41) is 1.93. The predicted molar refractivity (Wildman–Crippen MR) is 95.1 cm³/mol. The number of rotatable bonds is 4. The van der Waals surface area contributed by atoms with Crippen LogP contribution in [-0.4, -0.2) is 49.7 Å². The van der Waals surface area contributed by atoms with Gasteiger partial charge in [-0.05, 0) is 35.7 Å². The van der Waals surface area contributed by atoms with Crippen LogP contribution in [0.1, 0.15) is 4.88 Å². The molecule has 0 saturated carbocycles. The summed E-state index contributed by atoms with van der Waals surface area (Å²) < 4.78 is 39.7. The molecule has 0 atom stereocenters. The van der Waals surface area contributed by atoms with Crippen molar-refractivity contribution in [2.24, 2.45) is 0 Å². The lowest BCUT2D eigenvalue weighted by Gasteiger charge is -2.33. The maximum atomic E-state index is 13.3. The van der Waals surface area contributed by atoms with Crippen LogP contribution in [0.2, 0.25) is 0 Å². The molecule has 0 radical (unpaired) electrons. The van der Waals surface area contributed by atoms with Gasteiger partial charge in [-0.2, -0.15) is 4.31 Å². The van der Waals surface area contributed by atoms with Crippen molar-refractivity contribution in [2.75, 3.05) is 26.2 Å². The highest BCUT2D eigenvalue weighted by atomic mass is 32.2. The quantitative estimate of drug-likeness (QED) is 0.766. The number of benzene rings is 1. The Kier molecular flexibility index (Phi) is 5.31. The monoisotopic (exact) mass is 380 g/mol. The van der Waals surface area contributed by atoms with E-state index >= 15 is 0 Å². The van der Waals surface area contributed by atoms with Gasteiger partial charge in [-0.15, -0.1) is 11.3 Å². The van der Waals surface area contributed by atoms with E-state index in [-0.39, 0.29) is 23.9 Å². The van der Waals surface area contributed by atoms with Crippen LogP contribution in [0.4, 0.5) is 4.39 Å². The van der Waals surface area contributed by atoms with Gasteiger partial charge < -0.3 is 4.90 Å². The Bertz CT molecular complexity index is 871. The zero-order chi connectivity index (χ0) is 17.9. The summed E-state index contributed by atoms with van der Waals surface area (Å²) in [6, 6.07) is 8.78. The second kappa shape index (κ2) is 7.47. The van der Waals surface area contributed by atoms with Crippen molar-refractivity contribution in [3.63, 3.8) is 0 Å². The highest BCUT2D eigenvalue weighted by molar-refractivity contribution is 7.89. The Labute approximate surface area is 150 Å². The predicted octanol–water partition coefficient (Wildman–Crippen LogP) is 2.43. The van der Waals surface area contributed by atoms with Crippen LogP contribution in [0.5, 0.6) is 0 Å². The molecule has 0 N–H and O–H groups in total. The number of nitrogens with zero attached hydrogens (tertiary/aromatic N) is 2. The maximum absolute atomic E-state index is 13.3. The number of thiophene rings is 1. The van der Waals surface area contributed by atoms with Gasteiger partial charge in [0.15, 0.2) is 0 Å². The molecular formula is C17H17FN2O3S2. The molecule has 3 rings (SSSR count). The minimum atomic E-state index is -3.74. The molecule has 5 nitrogen and oxygen atoms in total. The minimum absolute atomic E-state index is 0.0649. The highest BCUT2D eigenvalue weighted by Crippen LogP contribution is 2.19. The molecule has 0 unspecified atom stereocenters. The second-order valence-electron chi connectivity index (χ2n) is 5.54. The molecule has 0 spiro atoms. The van der Waals surface area contributed by atoms with Gasteiger partial charge in [-0.3, -0.25) is 4.79 Å². The molecule has 2 heterocycles. The molecule has 1 fully saturated rings. The third kappa shape index (κ3) is 4.15. The molecule has 1 aromatic heterocycles. The maximum Gasteiger partial charge on any atom is 0.246 e. The fourth-order valence-corrected chi connectivity index (χ4v) is 4.64. The van der Waals surface area contributed by atoms with Crippen molar-refractivity contribution < 1.29 is 17.6 Å². The molecule has 1 aromatic carbocycles. The first-order valence-corrected chi connectivity index (χ1v) is 10.0. The zero-order valence-electron chi connectivity index (χ0n) is 13.3. The van der Waals surface area contributed by atoms with Crippen molar-refractivity contribution in [2.45, 2.75) is 4.90 Å². The van der Waals surface area contributed by atoms with Gasteiger partial charge in [-0.25, -0.2) is 12.8 Å². The van der Waals surface area contributed by atoms with Crippen LogP contribution in [0, 0.1) is 5.82 Å². The summed E-state index contributed by atoms with van der Waals surface area (Å²) in [6.45, 7) is 0.999. The average molecular weight is 380 g/mol. The Morgan fingerprint density at radius 1 is 1.12 bits per heavy atom. The summed E-state index contributed by atoms with van der Waals surface area (Å²) >= 11 is 1.54. The smallest absolute Gasteiger partial charge is 0.246 e.